The number of fused-ring (bicyclic) bond motifs is 3. The van der Waals surface area contributed by atoms with Crippen molar-refractivity contribution in [1.29, 1.82) is 0 Å². The van der Waals surface area contributed by atoms with Crippen LogP contribution in [0.4, 0.5) is 0 Å². The number of aliphatic hydroxyl groups is 1. The van der Waals surface area contributed by atoms with Gasteiger partial charge >= 0.3 is 0 Å². The molecular weight excluding hydrogens is 1100 g/mol. The summed E-state index contributed by atoms with van der Waals surface area (Å²) in [6.45, 7) is 5.32. The molecule has 4 heterocycles. The number of aliphatic hydroxyl groups excluding tert-OH is 1. The number of phenols is 1. The third-order valence-electron chi connectivity index (χ3n) is 15.1. The molecule has 86 heavy (non-hydrogen) atoms. The number of hydrogen-bond donors (Lipinski definition) is 14. The average Bonchev–Trinajstić information content (AvgIpc) is 4.23. The zero-order valence-corrected chi connectivity index (χ0v) is 48.3. The maximum atomic E-state index is 15.0. The molecule has 1 saturated heterocycles. The summed E-state index contributed by atoms with van der Waals surface area (Å²) >= 11 is 0. The van der Waals surface area contributed by atoms with Crippen molar-refractivity contribution in [3.05, 3.63) is 138 Å². The van der Waals surface area contributed by atoms with Gasteiger partial charge in [-0.05, 0) is 98.0 Å². The Labute approximate surface area is 496 Å². The molecule has 8 rings (SSSR count). The Bertz CT molecular complexity index is 3540. The standard InChI is InChI=1S/C62H76N14O10/c1-4-65-60(85)53-20-12-26-76(53)61(86)46(19-11-25-66-62(63)64)70-54(79)47(27-35(2)3)71-57(82)50(30-38-32-67-44-17-9-6-14-41(38)44)73-55(80)48(28-36-21-23-40(78)24-22-36)72-59(84)52(34-77)75-58(83)51(31-39-33-68-45-18-10-7-15-42(39)45)74-56(81)49-29-37-13-5-8-16-43(37)69-49/h5-10,13-18,21-24,29,32-33,35,46-48,50-53,67-69,77-78H,4,11-12,19-20,25-28,30-31,34H2,1-3H3,(H,65,85)(H,70,79)(H,71,82)(H,72,84)(H,73,80)(H,74,81)(H,75,83)(H4,63,64,66)/t46-,47-,48-,50+,51-,52-,53+/m0/s1. The van der Waals surface area contributed by atoms with Crippen molar-refractivity contribution in [2.45, 2.75) is 114 Å². The molecule has 16 N–H and O–H groups in total. The highest BCUT2D eigenvalue weighted by Gasteiger charge is 2.39. The molecule has 8 amide bonds. The highest BCUT2D eigenvalue weighted by Crippen LogP contribution is 2.24. The van der Waals surface area contributed by atoms with Crippen molar-refractivity contribution in [1.82, 2.24) is 57.1 Å². The Morgan fingerprint density at radius 1 is 0.651 bits per heavy atom. The van der Waals surface area contributed by atoms with Crippen LogP contribution >= 0.6 is 0 Å². The summed E-state index contributed by atoms with van der Waals surface area (Å²) in [4.78, 5) is 130. The number of likely N-dealkylation sites (tertiary alicyclic amines) is 1. The van der Waals surface area contributed by atoms with Crippen molar-refractivity contribution < 1.29 is 48.6 Å². The number of carbonyl (C=O) groups excluding carboxylic acids is 8. The van der Waals surface area contributed by atoms with Gasteiger partial charge in [0.15, 0.2) is 5.96 Å². The summed E-state index contributed by atoms with van der Waals surface area (Å²) in [5.74, 6) is -6.00. The van der Waals surface area contributed by atoms with Crippen molar-refractivity contribution in [3.8, 4) is 5.75 Å². The molecule has 4 aromatic carbocycles. The lowest BCUT2D eigenvalue weighted by Gasteiger charge is -2.30. The van der Waals surface area contributed by atoms with Gasteiger partial charge in [0, 0.05) is 84.0 Å². The molecule has 0 bridgehead atoms. The Morgan fingerprint density at radius 2 is 1.17 bits per heavy atom. The minimum Gasteiger partial charge on any atom is -0.508 e. The molecule has 1 fully saturated rings. The number of aromatic hydroxyl groups is 1. The molecule has 0 aliphatic carbocycles. The summed E-state index contributed by atoms with van der Waals surface area (Å²) < 4.78 is 0. The van der Waals surface area contributed by atoms with Gasteiger partial charge in [0.2, 0.25) is 41.4 Å². The lowest BCUT2D eigenvalue weighted by molar-refractivity contribution is -0.142. The van der Waals surface area contributed by atoms with Crippen LogP contribution in [0.5, 0.6) is 5.75 Å². The molecule has 3 aromatic heterocycles. The molecule has 1 aliphatic rings. The van der Waals surface area contributed by atoms with E-state index in [0.717, 1.165) is 27.2 Å². The van der Waals surface area contributed by atoms with E-state index in [-0.39, 0.29) is 80.8 Å². The first-order valence-corrected chi connectivity index (χ1v) is 28.9. The third-order valence-corrected chi connectivity index (χ3v) is 15.1. The zero-order chi connectivity index (χ0) is 61.4. The number of nitrogens with one attached hydrogen (secondary N) is 10. The number of nitrogens with two attached hydrogens (primary N) is 2. The normalized spacial score (nSPS) is 15.2. The number of aromatic amines is 3. The minimum absolute atomic E-state index is 0.0370. The second-order valence-corrected chi connectivity index (χ2v) is 21.9. The predicted molar refractivity (Wildman–Crippen MR) is 325 cm³/mol. The molecule has 24 heteroatoms. The summed E-state index contributed by atoms with van der Waals surface area (Å²) in [5, 5.41) is 42.7. The third kappa shape index (κ3) is 16.1. The van der Waals surface area contributed by atoms with Gasteiger partial charge in [-0.25, -0.2) is 0 Å². The molecule has 7 aromatic rings. The SMILES string of the molecule is CCNC(=O)[C@H]1CCCN1C(=O)[C@H](CCCN=C(N)N)NC(=O)[C@H](CC(C)C)NC(=O)[C@@H](Cc1c[nH]c2ccccc12)NC(=O)[C@H](Cc1ccc(O)cc1)NC(=O)[C@H](CO)NC(=O)[C@H](Cc1c[nH]c2ccccc12)NC(=O)c1cc2ccccc2[nH]1. The van der Waals surface area contributed by atoms with Gasteiger partial charge in [-0.15, -0.1) is 0 Å². The van der Waals surface area contributed by atoms with Crippen molar-refractivity contribution >= 4 is 85.9 Å². The van der Waals surface area contributed by atoms with Crippen LogP contribution < -0.4 is 48.7 Å². The minimum atomic E-state index is -1.68. The number of amides is 8. The maximum Gasteiger partial charge on any atom is 0.268 e. The first kappa shape index (κ1) is 62.3. The number of likely N-dealkylation sites (N-methyl/N-ethyl adjacent to an activating group) is 1. The van der Waals surface area contributed by atoms with E-state index < -0.39 is 90.3 Å². The van der Waals surface area contributed by atoms with E-state index in [2.05, 4.69) is 57.2 Å². The molecule has 0 spiro atoms. The fourth-order valence-corrected chi connectivity index (χ4v) is 10.8. The van der Waals surface area contributed by atoms with Crippen LogP contribution in [-0.2, 0) is 52.8 Å². The monoisotopic (exact) mass is 1180 g/mol. The second-order valence-electron chi connectivity index (χ2n) is 21.9. The van der Waals surface area contributed by atoms with Gasteiger partial charge in [0.05, 0.1) is 6.61 Å². The Morgan fingerprint density at radius 3 is 1.76 bits per heavy atom. The van der Waals surface area contributed by atoms with Crippen LogP contribution in [0, 0.1) is 5.92 Å². The van der Waals surface area contributed by atoms with E-state index in [1.54, 1.807) is 31.5 Å². The summed E-state index contributed by atoms with van der Waals surface area (Å²) in [6, 6.07) is 20.4. The molecule has 0 unspecified atom stereocenters. The fraction of sp³-hybridized carbons (Fsp3) is 0.371. The molecule has 454 valence electrons. The Balaban J connectivity index is 1.05. The van der Waals surface area contributed by atoms with E-state index in [0.29, 0.717) is 41.6 Å². The van der Waals surface area contributed by atoms with Gasteiger partial charge in [-0.1, -0.05) is 80.6 Å². The molecule has 24 nitrogen and oxygen atoms in total. The number of aliphatic imine (C=N–C) groups is 1. The van der Waals surface area contributed by atoms with Crippen LogP contribution in [0.3, 0.4) is 0 Å². The van der Waals surface area contributed by atoms with E-state index >= 15 is 0 Å². The van der Waals surface area contributed by atoms with E-state index in [1.807, 2.05) is 80.6 Å². The number of hydrogen-bond acceptors (Lipinski definition) is 11. The van der Waals surface area contributed by atoms with Crippen molar-refractivity contribution in [3.63, 3.8) is 0 Å². The van der Waals surface area contributed by atoms with Crippen molar-refractivity contribution in [2.24, 2.45) is 22.4 Å². The summed E-state index contributed by atoms with van der Waals surface area (Å²) in [7, 11) is 0. The highest BCUT2D eigenvalue weighted by molar-refractivity contribution is 6.02. The smallest absolute Gasteiger partial charge is 0.268 e. The first-order valence-electron chi connectivity index (χ1n) is 28.9. The number of benzene rings is 4. The number of guanidine groups is 1. The van der Waals surface area contributed by atoms with Gasteiger partial charge in [-0.2, -0.15) is 0 Å². The van der Waals surface area contributed by atoms with Crippen LogP contribution in [0.1, 0.15) is 80.1 Å². The maximum absolute atomic E-state index is 15.0. The molecule has 0 saturated carbocycles. The molecule has 7 atom stereocenters. The fourth-order valence-electron chi connectivity index (χ4n) is 10.8. The molecular formula is C62H76N14O10. The van der Waals surface area contributed by atoms with E-state index in [1.165, 1.54) is 29.2 Å². The Hall–Kier alpha value is -9.71. The zero-order valence-electron chi connectivity index (χ0n) is 48.3. The average molecular weight is 1180 g/mol. The summed E-state index contributed by atoms with van der Waals surface area (Å²) in [6.07, 6.45) is 4.48. The lowest BCUT2D eigenvalue weighted by atomic mass is 9.99. The first-order chi connectivity index (χ1) is 41.4. The summed E-state index contributed by atoms with van der Waals surface area (Å²) in [5.41, 5.74) is 15.3. The van der Waals surface area contributed by atoms with Gasteiger partial charge < -0.3 is 78.7 Å². The second kappa shape index (κ2) is 29.2. The number of aromatic nitrogens is 3. The van der Waals surface area contributed by atoms with Gasteiger partial charge in [0.25, 0.3) is 5.91 Å². The number of para-hydroxylation sites is 3. The predicted octanol–water partition coefficient (Wildman–Crippen LogP) is 2.31. The molecule has 0 radical (unpaired) electrons. The number of rotatable bonds is 28. The van der Waals surface area contributed by atoms with Gasteiger partial charge in [-0.3, -0.25) is 43.3 Å². The topological polar surface area (TPSA) is 376 Å². The van der Waals surface area contributed by atoms with E-state index in [4.69, 9.17) is 11.5 Å². The van der Waals surface area contributed by atoms with Gasteiger partial charge in [0.1, 0.15) is 53.7 Å². The van der Waals surface area contributed by atoms with Crippen LogP contribution in [-0.4, -0.2) is 152 Å². The number of H-pyrrole nitrogens is 3. The number of phenolic OH excluding ortho intramolecular Hbond substituents is 1. The largest absolute Gasteiger partial charge is 0.508 e. The van der Waals surface area contributed by atoms with Crippen LogP contribution in [0.25, 0.3) is 32.7 Å². The lowest BCUT2D eigenvalue weighted by Crippen LogP contribution is -2.61. The van der Waals surface area contributed by atoms with Crippen molar-refractivity contribution in [2.75, 3.05) is 26.2 Å². The number of carbonyl (C=O) groups is 8. The van der Waals surface area contributed by atoms with Crippen LogP contribution in [0.2, 0.25) is 0 Å². The quantitative estimate of drug-likeness (QED) is 0.0191. The van der Waals surface area contributed by atoms with Crippen LogP contribution in [0.15, 0.2) is 121 Å². The molecule has 1 aliphatic heterocycles. The number of nitrogens with zero attached hydrogens (tertiary/aromatic N) is 2. The van der Waals surface area contributed by atoms with E-state index in [9.17, 15) is 48.6 Å². The highest BCUT2D eigenvalue weighted by atomic mass is 16.3. The Kier molecular flexibility index (Phi) is 21.2.